The van der Waals surface area contributed by atoms with Gasteiger partial charge in [-0.2, -0.15) is 0 Å². The SMILES string of the molecule is CCC(C)CNCCC(=O)Nc1cccc(B(O)O)c1. The van der Waals surface area contributed by atoms with Crippen LogP contribution in [0.3, 0.4) is 0 Å². The third kappa shape index (κ3) is 6.19. The van der Waals surface area contributed by atoms with Crippen LogP contribution in [0.2, 0.25) is 0 Å². The van der Waals surface area contributed by atoms with Gasteiger partial charge in [0, 0.05) is 18.7 Å². The molecule has 0 aliphatic heterocycles. The smallest absolute Gasteiger partial charge is 0.423 e. The molecule has 0 spiro atoms. The van der Waals surface area contributed by atoms with Crippen molar-refractivity contribution >= 4 is 24.2 Å². The highest BCUT2D eigenvalue weighted by Gasteiger charge is 2.11. The lowest BCUT2D eigenvalue weighted by Gasteiger charge is -2.10. The molecule has 4 N–H and O–H groups in total. The molecule has 0 aromatic heterocycles. The molecule has 0 radical (unpaired) electrons. The monoisotopic (exact) mass is 278 g/mol. The van der Waals surface area contributed by atoms with E-state index in [4.69, 9.17) is 10.0 Å². The van der Waals surface area contributed by atoms with E-state index >= 15 is 0 Å². The maximum atomic E-state index is 11.7. The summed E-state index contributed by atoms with van der Waals surface area (Å²) < 4.78 is 0. The summed E-state index contributed by atoms with van der Waals surface area (Å²) >= 11 is 0. The molecule has 0 saturated heterocycles. The normalized spacial score (nSPS) is 12.0. The van der Waals surface area contributed by atoms with E-state index < -0.39 is 7.12 Å². The van der Waals surface area contributed by atoms with Crippen molar-refractivity contribution in [2.24, 2.45) is 5.92 Å². The number of benzene rings is 1. The molecule has 0 heterocycles. The number of rotatable bonds is 8. The summed E-state index contributed by atoms with van der Waals surface area (Å²) in [5.74, 6) is 0.520. The Bertz CT molecular complexity index is 427. The number of amides is 1. The molecule has 110 valence electrons. The summed E-state index contributed by atoms with van der Waals surface area (Å²) in [6.45, 7) is 5.86. The van der Waals surface area contributed by atoms with Crippen molar-refractivity contribution in [1.82, 2.24) is 5.32 Å². The van der Waals surface area contributed by atoms with Crippen molar-refractivity contribution in [3.05, 3.63) is 24.3 Å². The highest BCUT2D eigenvalue weighted by Crippen LogP contribution is 2.04. The summed E-state index contributed by atoms with van der Waals surface area (Å²) in [5, 5.41) is 24.1. The van der Waals surface area contributed by atoms with Gasteiger partial charge in [-0.25, -0.2) is 0 Å². The number of anilines is 1. The first-order valence-corrected chi connectivity index (χ1v) is 6.99. The molecule has 0 saturated carbocycles. The molecule has 1 amide bonds. The largest absolute Gasteiger partial charge is 0.488 e. The van der Waals surface area contributed by atoms with E-state index in [2.05, 4.69) is 24.5 Å². The molecule has 1 aromatic rings. The zero-order valence-electron chi connectivity index (χ0n) is 12.1. The molecular formula is C14H23BN2O3. The minimum absolute atomic E-state index is 0.0915. The van der Waals surface area contributed by atoms with Crippen molar-refractivity contribution in [3.63, 3.8) is 0 Å². The van der Waals surface area contributed by atoms with Crippen molar-refractivity contribution in [1.29, 1.82) is 0 Å². The van der Waals surface area contributed by atoms with Crippen LogP contribution in [0.1, 0.15) is 26.7 Å². The zero-order chi connectivity index (χ0) is 15.0. The average Bonchev–Trinajstić information content (AvgIpc) is 2.43. The number of carbonyl (C=O) groups excluding carboxylic acids is 1. The van der Waals surface area contributed by atoms with E-state index in [1.807, 2.05) is 0 Å². The van der Waals surface area contributed by atoms with Gasteiger partial charge in [-0.15, -0.1) is 0 Å². The lowest BCUT2D eigenvalue weighted by molar-refractivity contribution is -0.116. The summed E-state index contributed by atoms with van der Waals surface area (Å²) in [5.41, 5.74) is 0.931. The Hall–Kier alpha value is -1.37. The van der Waals surface area contributed by atoms with E-state index in [0.29, 0.717) is 30.0 Å². The molecule has 0 bridgehead atoms. The van der Waals surface area contributed by atoms with Crippen LogP contribution >= 0.6 is 0 Å². The fourth-order valence-electron chi connectivity index (χ4n) is 1.70. The van der Waals surface area contributed by atoms with Crippen LogP contribution in [0.5, 0.6) is 0 Å². The number of carbonyl (C=O) groups is 1. The maximum Gasteiger partial charge on any atom is 0.488 e. The fourth-order valence-corrected chi connectivity index (χ4v) is 1.70. The Morgan fingerprint density at radius 1 is 1.40 bits per heavy atom. The summed E-state index contributed by atoms with van der Waals surface area (Å²) in [4.78, 5) is 11.7. The molecule has 1 aromatic carbocycles. The number of nitrogens with one attached hydrogen (secondary N) is 2. The molecule has 0 aliphatic rings. The highest BCUT2D eigenvalue weighted by molar-refractivity contribution is 6.58. The summed E-state index contributed by atoms with van der Waals surface area (Å²) in [6, 6.07) is 6.53. The molecule has 1 rings (SSSR count). The molecule has 0 fully saturated rings. The van der Waals surface area contributed by atoms with Gasteiger partial charge in [-0.1, -0.05) is 32.4 Å². The predicted molar refractivity (Wildman–Crippen MR) is 81.8 cm³/mol. The van der Waals surface area contributed by atoms with Gasteiger partial charge >= 0.3 is 7.12 Å². The third-order valence-corrected chi connectivity index (χ3v) is 3.19. The minimum Gasteiger partial charge on any atom is -0.423 e. The van der Waals surface area contributed by atoms with Gasteiger partial charge in [0.25, 0.3) is 0 Å². The standard InChI is InChI=1S/C14H23BN2O3/c1-3-11(2)10-16-8-7-14(18)17-13-6-4-5-12(9-13)15(19)20/h4-6,9,11,16,19-20H,3,7-8,10H2,1-2H3,(H,17,18). The van der Waals surface area contributed by atoms with Gasteiger partial charge < -0.3 is 20.7 Å². The van der Waals surface area contributed by atoms with Gasteiger partial charge in [-0.05, 0) is 30.1 Å². The molecule has 0 aliphatic carbocycles. The van der Waals surface area contributed by atoms with Gasteiger partial charge in [0.2, 0.25) is 5.91 Å². The maximum absolute atomic E-state index is 11.7. The second-order valence-corrected chi connectivity index (χ2v) is 5.01. The third-order valence-electron chi connectivity index (χ3n) is 3.19. The first kappa shape index (κ1) is 16.7. The lowest BCUT2D eigenvalue weighted by Crippen LogP contribution is -2.30. The van der Waals surface area contributed by atoms with Crippen LogP contribution < -0.4 is 16.1 Å². The van der Waals surface area contributed by atoms with E-state index in [1.54, 1.807) is 24.3 Å². The number of hydrogen-bond acceptors (Lipinski definition) is 4. The molecule has 20 heavy (non-hydrogen) atoms. The van der Waals surface area contributed by atoms with E-state index in [-0.39, 0.29) is 5.91 Å². The summed E-state index contributed by atoms with van der Waals surface area (Å²) in [6.07, 6.45) is 1.51. The highest BCUT2D eigenvalue weighted by atomic mass is 16.4. The topological polar surface area (TPSA) is 81.6 Å². The van der Waals surface area contributed by atoms with E-state index in [0.717, 1.165) is 13.0 Å². The van der Waals surface area contributed by atoms with Crippen molar-refractivity contribution in [2.45, 2.75) is 26.7 Å². The first-order valence-electron chi connectivity index (χ1n) is 6.99. The molecule has 1 atom stereocenters. The Morgan fingerprint density at radius 3 is 2.80 bits per heavy atom. The Balaban J connectivity index is 2.33. The number of hydrogen-bond donors (Lipinski definition) is 4. The predicted octanol–water partition coefficient (Wildman–Crippen LogP) is 0.331. The van der Waals surface area contributed by atoms with Gasteiger partial charge in [-0.3, -0.25) is 4.79 Å². The van der Waals surface area contributed by atoms with Crippen LogP contribution in [0.4, 0.5) is 5.69 Å². The molecular weight excluding hydrogens is 255 g/mol. The van der Waals surface area contributed by atoms with Crippen LogP contribution in [-0.4, -0.2) is 36.2 Å². The minimum atomic E-state index is -1.52. The zero-order valence-corrected chi connectivity index (χ0v) is 12.1. The van der Waals surface area contributed by atoms with E-state index in [1.165, 1.54) is 0 Å². The Kier molecular flexibility index (Phi) is 7.29. The molecule has 5 nitrogen and oxygen atoms in total. The van der Waals surface area contributed by atoms with Gasteiger partial charge in [0.1, 0.15) is 0 Å². The van der Waals surface area contributed by atoms with Crippen molar-refractivity contribution < 1.29 is 14.8 Å². The van der Waals surface area contributed by atoms with Crippen LogP contribution in [0.25, 0.3) is 0 Å². The van der Waals surface area contributed by atoms with Crippen LogP contribution in [0, 0.1) is 5.92 Å². The van der Waals surface area contributed by atoms with E-state index in [9.17, 15) is 4.79 Å². The van der Waals surface area contributed by atoms with Crippen molar-refractivity contribution in [2.75, 3.05) is 18.4 Å². The quantitative estimate of drug-likeness (QED) is 0.408. The van der Waals surface area contributed by atoms with Crippen LogP contribution in [-0.2, 0) is 4.79 Å². The van der Waals surface area contributed by atoms with Gasteiger partial charge in [0.15, 0.2) is 0 Å². The summed E-state index contributed by atoms with van der Waals surface area (Å²) in [7, 11) is -1.52. The lowest BCUT2D eigenvalue weighted by atomic mass is 9.80. The molecule has 1 unspecified atom stereocenters. The Labute approximate surface area is 120 Å². The Morgan fingerprint density at radius 2 is 2.15 bits per heavy atom. The van der Waals surface area contributed by atoms with Crippen molar-refractivity contribution in [3.8, 4) is 0 Å². The van der Waals surface area contributed by atoms with Crippen LogP contribution in [0.15, 0.2) is 24.3 Å². The molecule has 6 heteroatoms. The average molecular weight is 278 g/mol. The first-order chi connectivity index (χ1) is 9.52. The second kappa shape index (κ2) is 8.74. The fraction of sp³-hybridized carbons (Fsp3) is 0.500. The second-order valence-electron chi connectivity index (χ2n) is 5.01. The van der Waals surface area contributed by atoms with Gasteiger partial charge in [0.05, 0.1) is 0 Å².